The first-order chi connectivity index (χ1) is 18.4. The van der Waals surface area contributed by atoms with Gasteiger partial charge in [0.2, 0.25) is 0 Å². The third-order valence-electron chi connectivity index (χ3n) is 6.52. The molecule has 2 heterocycles. The average molecular weight is 529 g/mol. The molecule has 0 saturated heterocycles. The molecular weight excluding hydrogens is 504 g/mol. The van der Waals surface area contributed by atoms with Gasteiger partial charge in [-0.15, -0.1) is 10.2 Å². The van der Waals surface area contributed by atoms with Gasteiger partial charge in [0.15, 0.2) is 5.00 Å². The third-order valence-corrected chi connectivity index (χ3v) is 7.28. The van der Waals surface area contributed by atoms with Gasteiger partial charge in [-0.2, -0.15) is 4.37 Å². The van der Waals surface area contributed by atoms with Crippen molar-refractivity contribution in [1.82, 2.24) is 9.27 Å². The van der Waals surface area contributed by atoms with Gasteiger partial charge in [-0.25, -0.2) is 0 Å². The summed E-state index contributed by atoms with van der Waals surface area (Å²) >= 11 is 1.14. The lowest BCUT2D eigenvalue weighted by Gasteiger charge is -2.25. The number of fused-ring (bicyclic) bond motifs is 2. The van der Waals surface area contributed by atoms with Gasteiger partial charge in [0.1, 0.15) is 0 Å². The van der Waals surface area contributed by atoms with Crippen LogP contribution in [0, 0.1) is 17.0 Å². The average Bonchev–Trinajstić information content (AvgIpc) is 3.44. The minimum absolute atomic E-state index is 0.0164. The molecule has 0 aliphatic carbocycles. The van der Waals surface area contributed by atoms with Crippen molar-refractivity contribution in [1.29, 1.82) is 0 Å². The number of aryl methyl sites for hydroxylation is 1. The van der Waals surface area contributed by atoms with Crippen molar-refractivity contribution in [3.8, 4) is 0 Å². The van der Waals surface area contributed by atoms with Gasteiger partial charge in [-0.3, -0.25) is 24.6 Å². The summed E-state index contributed by atoms with van der Waals surface area (Å²) in [6.07, 6.45) is 0.643. The van der Waals surface area contributed by atoms with Crippen LogP contribution in [0.3, 0.4) is 0 Å². The zero-order valence-corrected chi connectivity index (χ0v) is 21.6. The Morgan fingerprint density at radius 2 is 1.76 bits per heavy atom. The first kappa shape index (κ1) is 25.2. The molecule has 4 aromatic rings. The molecule has 0 spiro atoms. The lowest BCUT2D eigenvalue weighted by Crippen LogP contribution is -2.33. The van der Waals surface area contributed by atoms with Gasteiger partial charge < -0.3 is 4.90 Å². The molecule has 0 bridgehead atoms. The maximum absolute atomic E-state index is 12.6. The Balaban J connectivity index is 1.25. The second-order valence-corrected chi connectivity index (χ2v) is 9.61. The SMILES string of the molecule is CCN(CCCN1C(=O)c2ccccc2C1=O)c1ccc(N=Nc2snc3ccc([N+](=O)[O-])cc23)c(C)c1. The smallest absolute Gasteiger partial charge is 0.270 e. The summed E-state index contributed by atoms with van der Waals surface area (Å²) in [7, 11) is 0. The number of benzene rings is 3. The Kier molecular flexibility index (Phi) is 6.93. The maximum atomic E-state index is 12.6. The standard InChI is InChI=1S/C27H24N6O4S/c1-3-31(13-6-14-32-26(34)20-7-4-5-8-21(20)27(32)35)18-9-11-23(17(2)15-18)28-29-25-22-16-19(33(36)37)10-12-24(22)30-38-25/h4-5,7-12,15-16H,3,6,13-14H2,1-2H3. The van der Waals surface area contributed by atoms with E-state index in [1.165, 1.54) is 17.0 Å². The Labute approximate surface area is 222 Å². The lowest BCUT2D eigenvalue weighted by molar-refractivity contribution is -0.384. The summed E-state index contributed by atoms with van der Waals surface area (Å²) in [6, 6.07) is 17.3. The number of carbonyl (C=O) groups excluding carboxylic acids is 2. The monoisotopic (exact) mass is 528 g/mol. The first-order valence-electron chi connectivity index (χ1n) is 12.1. The zero-order valence-electron chi connectivity index (χ0n) is 20.8. The third kappa shape index (κ3) is 4.75. The summed E-state index contributed by atoms with van der Waals surface area (Å²) in [5.74, 6) is -0.468. The Morgan fingerprint density at radius 3 is 2.42 bits per heavy atom. The molecular formula is C27H24N6O4S. The van der Waals surface area contributed by atoms with Crippen molar-refractivity contribution < 1.29 is 14.5 Å². The number of nitro benzene ring substituents is 1. The van der Waals surface area contributed by atoms with E-state index in [0.29, 0.717) is 52.2 Å². The lowest BCUT2D eigenvalue weighted by atomic mass is 10.1. The fraction of sp³-hybridized carbons (Fsp3) is 0.222. The molecule has 0 saturated carbocycles. The summed E-state index contributed by atoms with van der Waals surface area (Å²) in [4.78, 5) is 39.4. The number of rotatable bonds is 9. The van der Waals surface area contributed by atoms with Crippen LogP contribution in [-0.2, 0) is 0 Å². The van der Waals surface area contributed by atoms with Crippen LogP contribution in [0.4, 0.5) is 22.1 Å². The van der Waals surface area contributed by atoms with Crippen molar-refractivity contribution in [3.63, 3.8) is 0 Å². The summed E-state index contributed by atoms with van der Waals surface area (Å²) < 4.78 is 4.29. The molecule has 5 rings (SSSR count). The van der Waals surface area contributed by atoms with Crippen LogP contribution in [0.15, 0.2) is 70.9 Å². The number of nitro groups is 1. The quantitative estimate of drug-likeness (QED) is 0.107. The molecule has 0 unspecified atom stereocenters. The zero-order chi connectivity index (χ0) is 26.8. The highest BCUT2D eigenvalue weighted by atomic mass is 32.1. The Morgan fingerprint density at radius 1 is 1.03 bits per heavy atom. The van der Waals surface area contributed by atoms with Crippen LogP contribution < -0.4 is 4.90 Å². The number of anilines is 1. The highest BCUT2D eigenvalue weighted by molar-refractivity contribution is 7.11. The van der Waals surface area contributed by atoms with Crippen molar-refractivity contribution in [3.05, 3.63) is 87.5 Å². The van der Waals surface area contributed by atoms with E-state index in [9.17, 15) is 19.7 Å². The predicted molar refractivity (Wildman–Crippen MR) is 146 cm³/mol. The second kappa shape index (κ2) is 10.5. The summed E-state index contributed by atoms with van der Waals surface area (Å²) in [5.41, 5.74) is 4.17. The number of nitrogens with zero attached hydrogens (tertiary/aromatic N) is 6. The van der Waals surface area contributed by atoms with E-state index in [0.717, 1.165) is 29.3 Å². The van der Waals surface area contributed by atoms with E-state index >= 15 is 0 Å². The Bertz CT molecular complexity index is 1560. The molecule has 192 valence electrons. The van der Waals surface area contributed by atoms with Crippen LogP contribution in [0.5, 0.6) is 0 Å². The van der Waals surface area contributed by atoms with Crippen LogP contribution >= 0.6 is 11.5 Å². The van der Waals surface area contributed by atoms with Gasteiger partial charge in [0, 0.05) is 42.8 Å². The molecule has 0 radical (unpaired) electrons. The number of aromatic nitrogens is 1. The molecule has 11 heteroatoms. The fourth-order valence-electron chi connectivity index (χ4n) is 4.48. The van der Waals surface area contributed by atoms with Crippen LogP contribution in [-0.4, -0.2) is 45.6 Å². The van der Waals surface area contributed by atoms with E-state index < -0.39 is 4.92 Å². The summed E-state index contributed by atoms with van der Waals surface area (Å²) in [6.45, 7) is 5.79. The number of azo groups is 1. The van der Waals surface area contributed by atoms with E-state index in [1.54, 1.807) is 30.3 Å². The predicted octanol–water partition coefficient (Wildman–Crippen LogP) is 6.44. The van der Waals surface area contributed by atoms with Crippen molar-refractivity contribution in [2.24, 2.45) is 10.2 Å². The number of hydrogen-bond donors (Lipinski definition) is 0. The van der Waals surface area contributed by atoms with Gasteiger partial charge >= 0.3 is 0 Å². The van der Waals surface area contributed by atoms with Gasteiger partial charge in [-0.05, 0) is 73.8 Å². The van der Waals surface area contributed by atoms with Gasteiger partial charge in [0.05, 0.1) is 27.3 Å². The minimum atomic E-state index is -0.444. The first-order valence-corrected chi connectivity index (χ1v) is 12.9. The number of amides is 2. The van der Waals surface area contributed by atoms with Crippen LogP contribution in [0.2, 0.25) is 0 Å². The molecule has 1 aliphatic heterocycles. The molecule has 1 aromatic heterocycles. The number of carbonyl (C=O) groups is 2. The van der Waals surface area contributed by atoms with E-state index in [-0.39, 0.29) is 17.5 Å². The molecule has 0 N–H and O–H groups in total. The van der Waals surface area contributed by atoms with Gasteiger partial charge in [0.25, 0.3) is 17.5 Å². The molecule has 3 aromatic carbocycles. The number of hydrogen-bond acceptors (Lipinski definition) is 9. The molecule has 38 heavy (non-hydrogen) atoms. The van der Waals surface area contributed by atoms with Crippen LogP contribution in [0.1, 0.15) is 39.6 Å². The maximum Gasteiger partial charge on any atom is 0.270 e. The number of non-ortho nitro benzene ring substituents is 1. The Hall–Kier alpha value is -4.51. The second-order valence-electron chi connectivity index (χ2n) is 8.86. The van der Waals surface area contributed by atoms with Crippen LogP contribution in [0.25, 0.3) is 10.9 Å². The number of imide groups is 1. The van der Waals surface area contributed by atoms with E-state index in [4.69, 9.17) is 0 Å². The molecule has 0 fully saturated rings. The molecule has 2 amide bonds. The van der Waals surface area contributed by atoms with Crippen molar-refractivity contribution in [2.45, 2.75) is 20.3 Å². The van der Waals surface area contributed by atoms with Crippen molar-refractivity contribution >= 4 is 56.3 Å². The highest BCUT2D eigenvalue weighted by Crippen LogP contribution is 2.35. The topological polar surface area (TPSA) is 121 Å². The van der Waals surface area contributed by atoms with E-state index in [2.05, 4.69) is 26.4 Å². The molecule has 10 nitrogen and oxygen atoms in total. The minimum Gasteiger partial charge on any atom is -0.372 e. The molecule has 0 atom stereocenters. The normalized spacial score (nSPS) is 13.1. The van der Waals surface area contributed by atoms with E-state index in [1.807, 2.05) is 25.1 Å². The largest absolute Gasteiger partial charge is 0.372 e. The van der Waals surface area contributed by atoms with Gasteiger partial charge in [-0.1, -0.05) is 12.1 Å². The molecule has 1 aliphatic rings. The summed E-state index contributed by atoms with van der Waals surface area (Å²) in [5, 5.41) is 20.9. The van der Waals surface area contributed by atoms with Crippen molar-refractivity contribution in [2.75, 3.05) is 24.5 Å². The fourth-order valence-corrected chi connectivity index (χ4v) is 5.16. The highest BCUT2D eigenvalue weighted by Gasteiger charge is 2.34.